The molecule has 4 heteroatoms. The Hall–Kier alpha value is -0.580. The van der Waals surface area contributed by atoms with Gasteiger partial charge in [0.15, 0.2) is 0 Å². The van der Waals surface area contributed by atoms with E-state index < -0.39 is 6.10 Å². The largest absolute Gasteiger partial charge is 0.491 e. The van der Waals surface area contributed by atoms with Crippen LogP contribution in [0.25, 0.3) is 0 Å². The number of halogens is 1. The fourth-order valence-electron chi connectivity index (χ4n) is 1.67. The third kappa shape index (κ3) is 4.96. The van der Waals surface area contributed by atoms with Gasteiger partial charge in [0.2, 0.25) is 0 Å². The minimum atomic E-state index is -0.458. The van der Waals surface area contributed by atoms with Crippen LogP contribution in [0.1, 0.15) is 38.8 Å². The van der Waals surface area contributed by atoms with Gasteiger partial charge in [-0.15, -0.1) is 0 Å². The molecule has 0 aliphatic carbocycles. The maximum Gasteiger partial charge on any atom is 0.124 e. The van der Waals surface area contributed by atoms with Gasteiger partial charge in [0.1, 0.15) is 12.4 Å². The molecule has 1 rings (SSSR count). The minimum Gasteiger partial charge on any atom is -0.491 e. The highest BCUT2D eigenvalue weighted by molar-refractivity contribution is 9.10. The Bertz CT molecular complexity index is 369. The highest BCUT2D eigenvalue weighted by atomic mass is 79.9. The van der Waals surface area contributed by atoms with E-state index in [4.69, 9.17) is 4.74 Å². The van der Waals surface area contributed by atoms with Crippen LogP contribution in [0.5, 0.6) is 5.75 Å². The molecule has 3 nitrogen and oxygen atoms in total. The van der Waals surface area contributed by atoms with Crippen molar-refractivity contribution in [1.29, 1.82) is 0 Å². The van der Waals surface area contributed by atoms with Crippen molar-refractivity contribution in [3.05, 3.63) is 28.2 Å². The molecule has 0 fully saturated rings. The predicted octanol–water partition coefficient (Wildman–Crippen LogP) is 3.27. The zero-order chi connectivity index (χ0) is 13.5. The number of nitrogens with one attached hydrogen (secondary N) is 1. The van der Waals surface area contributed by atoms with Gasteiger partial charge in [-0.25, -0.2) is 0 Å². The first kappa shape index (κ1) is 15.5. The molecule has 0 bridgehead atoms. The van der Waals surface area contributed by atoms with Gasteiger partial charge in [-0.1, -0.05) is 22.9 Å². The summed E-state index contributed by atoms with van der Waals surface area (Å²) in [5, 5.41) is 12.7. The maximum absolute atomic E-state index is 9.29. The highest BCUT2D eigenvalue weighted by Gasteiger charge is 2.12. The van der Waals surface area contributed by atoms with Crippen LogP contribution in [0, 0.1) is 0 Å². The van der Waals surface area contributed by atoms with E-state index in [0.717, 1.165) is 28.8 Å². The van der Waals surface area contributed by atoms with Crippen LogP contribution in [0.4, 0.5) is 0 Å². The predicted molar refractivity (Wildman–Crippen MR) is 78.0 cm³/mol. The molecule has 0 heterocycles. The average Bonchev–Trinajstić information content (AvgIpc) is 2.34. The second-order valence-corrected chi connectivity index (χ2v) is 5.43. The van der Waals surface area contributed by atoms with E-state index in [-0.39, 0.29) is 6.04 Å². The Kier molecular flexibility index (Phi) is 6.68. The standard InChI is InChI=1S/C14H22BrNO2/c1-4-7-16-11(3)13-8-12(15)5-6-14(13)18-9-10(2)17/h5-6,8,10-11,16-17H,4,7,9H2,1-3H3. The number of hydrogen-bond donors (Lipinski definition) is 2. The number of ether oxygens (including phenoxy) is 1. The third-order valence-electron chi connectivity index (χ3n) is 2.62. The molecule has 0 saturated carbocycles. The number of benzene rings is 1. The maximum atomic E-state index is 9.29. The van der Waals surface area contributed by atoms with Gasteiger partial charge < -0.3 is 15.2 Å². The molecule has 1 aromatic carbocycles. The summed E-state index contributed by atoms with van der Waals surface area (Å²) in [4.78, 5) is 0. The summed E-state index contributed by atoms with van der Waals surface area (Å²) in [5.41, 5.74) is 1.11. The van der Waals surface area contributed by atoms with Crippen LogP contribution < -0.4 is 10.1 Å². The summed E-state index contributed by atoms with van der Waals surface area (Å²) in [6, 6.07) is 6.18. The first-order valence-electron chi connectivity index (χ1n) is 6.38. The van der Waals surface area contributed by atoms with Gasteiger partial charge in [0.05, 0.1) is 6.10 Å². The fourth-order valence-corrected chi connectivity index (χ4v) is 2.05. The Morgan fingerprint density at radius 1 is 1.39 bits per heavy atom. The average molecular weight is 316 g/mol. The molecule has 0 amide bonds. The van der Waals surface area contributed by atoms with Gasteiger partial charge in [-0.3, -0.25) is 0 Å². The molecular weight excluding hydrogens is 294 g/mol. The molecule has 1 aromatic rings. The molecule has 0 saturated heterocycles. The summed E-state index contributed by atoms with van der Waals surface area (Å²) < 4.78 is 6.68. The molecule has 0 aromatic heterocycles. The fraction of sp³-hybridized carbons (Fsp3) is 0.571. The molecule has 0 aliphatic heterocycles. The zero-order valence-electron chi connectivity index (χ0n) is 11.2. The summed E-state index contributed by atoms with van der Waals surface area (Å²) in [7, 11) is 0. The van der Waals surface area contributed by atoms with Crippen molar-refractivity contribution >= 4 is 15.9 Å². The Balaban J connectivity index is 2.81. The van der Waals surface area contributed by atoms with E-state index >= 15 is 0 Å². The van der Waals surface area contributed by atoms with Gasteiger partial charge in [-0.2, -0.15) is 0 Å². The monoisotopic (exact) mass is 315 g/mol. The lowest BCUT2D eigenvalue weighted by atomic mass is 10.1. The van der Waals surface area contributed by atoms with Crippen molar-refractivity contribution in [1.82, 2.24) is 5.32 Å². The zero-order valence-corrected chi connectivity index (χ0v) is 12.8. The van der Waals surface area contributed by atoms with Gasteiger partial charge >= 0.3 is 0 Å². The van der Waals surface area contributed by atoms with E-state index in [0.29, 0.717) is 6.61 Å². The van der Waals surface area contributed by atoms with Gasteiger partial charge in [-0.05, 0) is 45.0 Å². The van der Waals surface area contributed by atoms with Crippen LogP contribution in [0.15, 0.2) is 22.7 Å². The molecule has 0 aliphatic rings. The molecule has 2 unspecified atom stereocenters. The quantitative estimate of drug-likeness (QED) is 0.811. The van der Waals surface area contributed by atoms with Crippen LogP contribution in [-0.4, -0.2) is 24.4 Å². The molecule has 2 atom stereocenters. The molecule has 0 spiro atoms. The van der Waals surface area contributed by atoms with Crippen LogP contribution in [0.3, 0.4) is 0 Å². The lowest BCUT2D eigenvalue weighted by Gasteiger charge is -2.19. The van der Waals surface area contributed by atoms with Crippen molar-refractivity contribution in [2.45, 2.75) is 39.3 Å². The van der Waals surface area contributed by atoms with Gasteiger partial charge in [0, 0.05) is 16.1 Å². The summed E-state index contributed by atoms with van der Waals surface area (Å²) in [6.45, 7) is 7.27. The van der Waals surface area contributed by atoms with Crippen molar-refractivity contribution in [3.8, 4) is 5.75 Å². The first-order valence-corrected chi connectivity index (χ1v) is 7.17. The van der Waals surface area contributed by atoms with Crippen LogP contribution in [-0.2, 0) is 0 Å². The van der Waals surface area contributed by atoms with Crippen molar-refractivity contribution in [2.24, 2.45) is 0 Å². The van der Waals surface area contributed by atoms with E-state index in [1.165, 1.54) is 0 Å². The Morgan fingerprint density at radius 2 is 2.11 bits per heavy atom. The number of aliphatic hydroxyl groups is 1. The van der Waals surface area contributed by atoms with E-state index in [1.54, 1.807) is 6.92 Å². The third-order valence-corrected chi connectivity index (χ3v) is 3.11. The highest BCUT2D eigenvalue weighted by Crippen LogP contribution is 2.28. The van der Waals surface area contributed by atoms with Crippen LogP contribution >= 0.6 is 15.9 Å². The van der Waals surface area contributed by atoms with Crippen molar-refractivity contribution in [2.75, 3.05) is 13.2 Å². The molecule has 2 N–H and O–H groups in total. The van der Waals surface area contributed by atoms with E-state index in [1.807, 2.05) is 12.1 Å². The second kappa shape index (κ2) is 7.77. The number of rotatable bonds is 7. The van der Waals surface area contributed by atoms with E-state index in [9.17, 15) is 5.11 Å². The molecule has 18 heavy (non-hydrogen) atoms. The van der Waals surface area contributed by atoms with Crippen LogP contribution in [0.2, 0.25) is 0 Å². The molecular formula is C14H22BrNO2. The summed E-state index contributed by atoms with van der Waals surface area (Å²) in [5.74, 6) is 0.829. The summed E-state index contributed by atoms with van der Waals surface area (Å²) >= 11 is 3.48. The summed E-state index contributed by atoms with van der Waals surface area (Å²) in [6.07, 6.45) is 0.641. The normalized spacial score (nSPS) is 14.3. The Morgan fingerprint density at radius 3 is 2.72 bits per heavy atom. The SMILES string of the molecule is CCCNC(C)c1cc(Br)ccc1OCC(C)O. The topological polar surface area (TPSA) is 41.5 Å². The smallest absolute Gasteiger partial charge is 0.124 e. The van der Waals surface area contributed by atoms with Gasteiger partial charge in [0.25, 0.3) is 0 Å². The van der Waals surface area contributed by atoms with Crippen molar-refractivity contribution < 1.29 is 9.84 Å². The lowest BCUT2D eigenvalue weighted by Crippen LogP contribution is -2.21. The Labute approximate surface area is 118 Å². The number of hydrogen-bond acceptors (Lipinski definition) is 3. The molecule has 0 radical (unpaired) electrons. The molecule has 102 valence electrons. The first-order chi connectivity index (χ1) is 8.54. The van der Waals surface area contributed by atoms with Crippen molar-refractivity contribution in [3.63, 3.8) is 0 Å². The second-order valence-electron chi connectivity index (χ2n) is 4.52. The minimum absolute atomic E-state index is 0.228. The van der Waals surface area contributed by atoms with E-state index in [2.05, 4.69) is 41.2 Å². The number of aliphatic hydroxyl groups excluding tert-OH is 1. The lowest BCUT2D eigenvalue weighted by molar-refractivity contribution is 0.122.